The van der Waals surface area contributed by atoms with Crippen LogP contribution in [0.3, 0.4) is 0 Å². The molecule has 2 heterocycles. The molecule has 0 unspecified atom stereocenters. The zero-order chi connectivity index (χ0) is 17.4. The van der Waals surface area contributed by atoms with Crippen LogP contribution in [0.5, 0.6) is 0 Å². The van der Waals surface area contributed by atoms with Crippen molar-refractivity contribution in [3.8, 4) is 22.8 Å². The van der Waals surface area contributed by atoms with E-state index in [4.69, 9.17) is 0 Å². The quantitative estimate of drug-likeness (QED) is 0.575. The molecular weight excluding hydrogens is 329 g/mol. The van der Waals surface area contributed by atoms with Gasteiger partial charge >= 0.3 is 6.18 Å². The van der Waals surface area contributed by atoms with Gasteiger partial charge in [0, 0.05) is 10.9 Å². The third-order valence-electron chi connectivity index (χ3n) is 3.76. The molecule has 2 aromatic carbocycles. The molecule has 0 bridgehead atoms. The molecule has 4 rings (SSSR count). The van der Waals surface area contributed by atoms with Crippen LogP contribution in [0, 0.1) is 0 Å². The molecule has 0 fully saturated rings. The predicted molar refractivity (Wildman–Crippen MR) is 87.6 cm³/mol. The highest BCUT2D eigenvalue weighted by molar-refractivity contribution is 5.93. The van der Waals surface area contributed by atoms with E-state index in [0.29, 0.717) is 11.2 Å². The van der Waals surface area contributed by atoms with Crippen molar-refractivity contribution in [2.24, 2.45) is 0 Å². The summed E-state index contributed by atoms with van der Waals surface area (Å²) in [5, 5.41) is 6.54. The molecule has 0 radical (unpaired) electrons. The van der Waals surface area contributed by atoms with E-state index in [-0.39, 0.29) is 11.5 Å². The van der Waals surface area contributed by atoms with Gasteiger partial charge in [-0.25, -0.2) is 9.97 Å². The van der Waals surface area contributed by atoms with Crippen molar-refractivity contribution in [2.45, 2.75) is 6.18 Å². The Balaban J connectivity index is 1.93. The number of nitrogens with one attached hydrogen (secondary N) is 1. The van der Waals surface area contributed by atoms with Gasteiger partial charge in [-0.05, 0) is 12.1 Å². The molecule has 0 spiro atoms. The number of rotatable bonds is 2. The number of fused-ring (bicyclic) bond motifs is 1. The fourth-order valence-electron chi connectivity index (χ4n) is 2.59. The van der Waals surface area contributed by atoms with E-state index < -0.39 is 11.9 Å². The standard InChI is InChI=1S/C18H11F3N4/c19-18(20,21)15-10-14(24-25-15)17-22-13-9-5-4-8-12(13)16(23-17)11-6-2-1-3-7-11/h1-10H,(H,24,25). The van der Waals surface area contributed by atoms with Crippen molar-refractivity contribution < 1.29 is 13.2 Å². The molecule has 1 N–H and O–H groups in total. The van der Waals surface area contributed by atoms with Gasteiger partial charge in [-0.3, -0.25) is 5.10 Å². The van der Waals surface area contributed by atoms with Gasteiger partial charge in [0.25, 0.3) is 0 Å². The van der Waals surface area contributed by atoms with E-state index >= 15 is 0 Å². The zero-order valence-electron chi connectivity index (χ0n) is 12.7. The Morgan fingerprint density at radius 1 is 0.840 bits per heavy atom. The summed E-state index contributed by atoms with van der Waals surface area (Å²) in [6.45, 7) is 0. The summed E-state index contributed by atoms with van der Waals surface area (Å²) in [5.74, 6) is 0.143. The lowest BCUT2D eigenvalue weighted by atomic mass is 10.1. The number of benzene rings is 2. The highest BCUT2D eigenvalue weighted by Crippen LogP contribution is 2.31. The maximum absolute atomic E-state index is 12.8. The highest BCUT2D eigenvalue weighted by atomic mass is 19.4. The van der Waals surface area contributed by atoms with Crippen molar-refractivity contribution in [1.82, 2.24) is 20.2 Å². The Kier molecular flexibility index (Phi) is 3.49. The second kappa shape index (κ2) is 5.70. The zero-order valence-corrected chi connectivity index (χ0v) is 12.7. The van der Waals surface area contributed by atoms with E-state index in [2.05, 4.69) is 15.1 Å². The summed E-state index contributed by atoms with van der Waals surface area (Å²) >= 11 is 0. The SMILES string of the molecule is FC(F)(F)c1cc(-c2nc(-c3ccccc3)c3ccccc3n2)n[nH]1. The van der Waals surface area contributed by atoms with Crippen molar-refractivity contribution in [3.63, 3.8) is 0 Å². The minimum atomic E-state index is -4.50. The van der Waals surface area contributed by atoms with Crippen molar-refractivity contribution in [3.05, 3.63) is 66.4 Å². The van der Waals surface area contributed by atoms with E-state index in [9.17, 15) is 13.2 Å². The van der Waals surface area contributed by atoms with E-state index in [0.717, 1.165) is 17.0 Å². The fourth-order valence-corrected chi connectivity index (χ4v) is 2.59. The molecule has 0 amide bonds. The molecule has 0 saturated heterocycles. The topological polar surface area (TPSA) is 54.5 Å². The van der Waals surface area contributed by atoms with Crippen LogP contribution < -0.4 is 0 Å². The summed E-state index contributed by atoms with van der Waals surface area (Å²) in [7, 11) is 0. The average Bonchev–Trinajstić information content (AvgIpc) is 3.12. The van der Waals surface area contributed by atoms with Gasteiger partial charge in [-0.15, -0.1) is 0 Å². The maximum atomic E-state index is 12.8. The van der Waals surface area contributed by atoms with Crippen LogP contribution in [-0.4, -0.2) is 20.2 Å². The molecule has 25 heavy (non-hydrogen) atoms. The molecule has 0 aliphatic carbocycles. The Labute approximate surface area is 140 Å². The normalized spacial score (nSPS) is 11.8. The van der Waals surface area contributed by atoms with Crippen LogP contribution in [0.2, 0.25) is 0 Å². The number of hydrogen-bond acceptors (Lipinski definition) is 3. The first-order valence-corrected chi connectivity index (χ1v) is 7.47. The first-order chi connectivity index (χ1) is 12.0. The van der Waals surface area contributed by atoms with Crippen molar-refractivity contribution in [1.29, 1.82) is 0 Å². The molecule has 7 heteroatoms. The predicted octanol–water partition coefficient (Wildman–Crippen LogP) is 4.71. The summed E-state index contributed by atoms with van der Waals surface area (Å²) < 4.78 is 38.4. The van der Waals surface area contributed by atoms with Crippen LogP contribution in [-0.2, 0) is 6.18 Å². The summed E-state index contributed by atoms with van der Waals surface area (Å²) in [6, 6.07) is 17.7. The molecule has 0 saturated carbocycles. The van der Waals surface area contributed by atoms with Gasteiger partial charge in [-0.2, -0.15) is 18.3 Å². The van der Waals surface area contributed by atoms with Crippen molar-refractivity contribution in [2.75, 3.05) is 0 Å². The summed E-state index contributed by atoms with van der Waals surface area (Å²) in [6.07, 6.45) is -4.50. The van der Waals surface area contributed by atoms with Crippen LogP contribution in [0.4, 0.5) is 13.2 Å². The highest BCUT2D eigenvalue weighted by Gasteiger charge is 2.33. The van der Waals surface area contributed by atoms with Crippen LogP contribution in [0.1, 0.15) is 5.69 Å². The lowest BCUT2D eigenvalue weighted by Gasteiger charge is -2.07. The fraction of sp³-hybridized carbons (Fsp3) is 0.0556. The number of hydrogen-bond donors (Lipinski definition) is 1. The lowest BCUT2D eigenvalue weighted by molar-refractivity contribution is -0.141. The molecule has 0 aliphatic heterocycles. The van der Waals surface area contributed by atoms with Gasteiger partial charge < -0.3 is 0 Å². The molecule has 0 aliphatic rings. The van der Waals surface area contributed by atoms with Gasteiger partial charge in [-0.1, -0.05) is 48.5 Å². The first-order valence-electron chi connectivity index (χ1n) is 7.47. The third kappa shape index (κ3) is 2.84. The Hall–Kier alpha value is -3.22. The number of aromatic nitrogens is 4. The number of halogens is 3. The molecule has 124 valence electrons. The summed E-state index contributed by atoms with van der Waals surface area (Å²) in [5.41, 5.74) is 1.27. The molecular formula is C18H11F3N4. The lowest BCUT2D eigenvalue weighted by Crippen LogP contribution is -2.04. The number of H-pyrrole nitrogens is 1. The molecule has 4 aromatic rings. The molecule has 4 nitrogen and oxygen atoms in total. The smallest absolute Gasteiger partial charge is 0.273 e. The Bertz CT molecular complexity index is 1040. The Morgan fingerprint density at radius 3 is 2.28 bits per heavy atom. The second-order valence-corrected chi connectivity index (χ2v) is 5.44. The third-order valence-corrected chi connectivity index (χ3v) is 3.76. The van der Waals surface area contributed by atoms with Crippen molar-refractivity contribution >= 4 is 10.9 Å². The summed E-state index contributed by atoms with van der Waals surface area (Å²) in [4.78, 5) is 8.84. The van der Waals surface area contributed by atoms with Gasteiger partial charge in [0.15, 0.2) is 5.82 Å². The number of alkyl halides is 3. The van der Waals surface area contributed by atoms with Crippen LogP contribution in [0.15, 0.2) is 60.7 Å². The van der Waals surface area contributed by atoms with Gasteiger partial charge in [0.1, 0.15) is 11.4 Å². The van der Waals surface area contributed by atoms with Gasteiger partial charge in [0.05, 0.1) is 11.2 Å². The molecule has 0 atom stereocenters. The van der Waals surface area contributed by atoms with E-state index in [1.54, 1.807) is 6.07 Å². The first kappa shape index (κ1) is 15.3. The maximum Gasteiger partial charge on any atom is 0.432 e. The largest absolute Gasteiger partial charge is 0.432 e. The monoisotopic (exact) mass is 340 g/mol. The van der Waals surface area contributed by atoms with Gasteiger partial charge in [0.2, 0.25) is 0 Å². The molecule has 2 aromatic heterocycles. The number of aromatic amines is 1. The Morgan fingerprint density at radius 2 is 1.56 bits per heavy atom. The van der Waals surface area contributed by atoms with E-state index in [1.165, 1.54) is 0 Å². The number of para-hydroxylation sites is 1. The average molecular weight is 340 g/mol. The minimum Gasteiger partial charge on any atom is -0.273 e. The van der Waals surface area contributed by atoms with E-state index in [1.807, 2.05) is 53.6 Å². The second-order valence-electron chi connectivity index (χ2n) is 5.44. The van der Waals surface area contributed by atoms with Crippen LogP contribution >= 0.6 is 0 Å². The number of nitrogens with zero attached hydrogens (tertiary/aromatic N) is 3. The minimum absolute atomic E-state index is 0.0512. The van der Waals surface area contributed by atoms with Crippen LogP contribution in [0.25, 0.3) is 33.7 Å².